The zero-order valence-corrected chi connectivity index (χ0v) is 11.7. The molecule has 90 valence electrons. The SMILES string of the molecule is Cc1ccc(Oc2nc(C)ccc2C#N)c(Br)c1. The predicted octanol–water partition coefficient (Wildman–Crippen LogP) is 4.12. The van der Waals surface area contributed by atoms with Crippen LogP contribution in [0.5, 0.6) is 11.6 Å². The van der Waals surface area contributed by atoms with Crippen molar-refractivity contribution in [1.82, 2.24) is 4.98 Å². The van der Waals surface area contributed by atoms with Crippen LogP contribution in [0.3, 0.4) is 0 Å². The molecule has 1 heterocycles. The van der Waals surface area contributed by atoms with Crippen LogP contribution in [0.25, 0.3) is 0 Å². The lowest BCUT2D eigenvalue weighted by molar-refractivity contribution is 0.457. The molecule has 0 N–H and O–H groups in total. The monoisotopic (exact) mass is 302 g/mol. The van der Waals surface area contributed by atoms with Crippen LogP contribution in [0.2, 0.25) is 0 Å². The van der Waals surface area contributed by atoms with Gasteiger partial charge < -0.3 is 4.74 Å². The average molecular weight is 303 g/mol. The molecule has 0 saturated heterocycles. The summed E-state index contributed by atoms with van der Waals surface area (Å²) < 4.78 is 6.53. The number of nitriles is 1. The normalized spacial score (nSPS) is 9.89. The van der Waals surface area contributed by atoms with Crippen molar-refractivity contribution in [2.24, 2.45) is 0 Å². The van der Waals surface area contributed by atoms with Crippen molar-refractivity contribution in [2.45, 2.75) is 13.8 Å². The maximum atomic E-state index is 9.02. The lowest BCUT2D eigenvalue weighted by Crippen LogP contribution is -1.94. The molecular formula is C14H11BrN2O. The van der Waals surface area contributed by atoms with Gasteiger partial charge in [0.25, 0.3) is 0 Å². The van der Waals surface area contributed by atoms with E-state index in [0.29, 0.717) is 17.2 Å². The number of pyridine rings is 1. The van der Waals surface area contributed by atoms with Gasteiger partial charge in [0.1, 0.15) is 17.4 Å². The molecule has 0 radical (unpaired) electrons. The van der Waals surface area contributed by atoms with E-state index in [1.807, 2.05) is 32.0 Å². The van der Waals surface area contributed by atoms with Gasteiger partial charge >= 0.3 is 0 Å². The zero-order valence-electron chi connectivity index (χ0n) is 10.1. The molecule has 1 aromatic heterocycles. The summed E-state index contributed by atoms with van der Waals surface area (Å²) in [5, 5.41) is 9.02. The van der Waals surface area contributed by atoms with Crippen molar-refractivity contribution in [3.63, 3.8) is 0 Å². The number of aromatic nitrogens is 1. The lowest BCUT2D eigenvalue weighted by Gasteiger charge is -2.09. The van der Waals surface area contributed by atoms with Gasteiger partial charge in [-0.25, -0.2) is 4.98 Å². The molecule has 2 aromatic rings. The van der Waals surface area contributed by atoms with Crippen molar-refractivity contribution in [3.8, 4) is 17.7 Å². The highest BCUT2D eigenvalue weighted by atomic mass is 79.9. The third-order valence-electron chi connectivity index (χ3n) is 2.41. The number of hydrogen-bond acceptors (Lipinski definition) is 3. The fourth-order valence-corrected chi connectivity index (χ4v) is 2.06. The first-order valence-electron chi connectivity index (χ1n) is 5.42. The molecule has 0 aliphatic rings. The van der Waals surface area contributed by atoms with Gasteiger partial charge in [-0.05, 0) is 59.6 Å². The second-order valence-electron chi connectivity index (χ2n) is 3.95. The minimum Gasteiger partial charge on any atom is -0.436 e. The highest BCUT2D eigenvalue weighted by Crippen LogP contribution is 2.30. The molecule has 1 aromatic carbocycles. The fraction of sp³-hybridized carbons (Fsp3) is 0.143. The first-order valence-corrected chi connectivity index (χ1v) is 6.21. The quantitative estimate of drug-likeness (QED) is 0.838. The highest BCUT2D eigenvalue weighted by molar-refractivity contribution is 9.10. The van der Waals surface area contributed by atoms with E-state index in [2.05, 4.69) is 27.0 Å². The Morgan fingerprint density at radius 1 is 1.22 bits per heavy atom. The fourth-order valence-electron chi connectivity index (χ4n) is 1.49. The molecule has 0 saturated carbocycles. The molecule has 0 amide bonds. The molecule has 0 unspecified atom stereocenters. The maximum Gasteiger partial charge on any atom is 0.237 e. The molecule has 18 heavy (non-hydrogen) atoms. The van der Waals surface area contributed by atoms with Crippen LogP contribution in [-0.2, 0) is 0 Å². The van der Waals surface area contributed by atoms with Crippen LogP contribution in [-0.4, -0.2) is 4.98 Å². The van der Waals surface area contributed by atoms with Gasteiger partial charge in [-0.15, -0.1) is 0 Å². The van der Waals surface area contributed by atoms with Gasteiger partial charge in [0.2, 0.25) is 5.88 Å². The van der Waals surface area contributed by atoms with Crippen molar-refractivity contribution < 1.29 is 4.74 Å². The van der Waals surface area contributed by atoms with Crippen LogP contribution in [0.4, 0.5) is 0 Å². The number of hydrogen-bond donors (Lipinski definition) is 0. The first-order chi connectivity index (χ1) is 8.60. The third-order valence-corrected chi connectivity index (χ3v) is 3.03. The van der Waals surface area contributed by atoms with E-state index in [0.717, 1.165) is 15.7 Å². The summed E-state index contributed by atoms with van der Waals surface area (Å²) in [6.07, 6.45) is 0. The molecule has 0 aliphatic heterocycles. The van der Waals surface area contributed by atoms with Crippen molar-refractivity contribution in [2.75, 3.05) is 0 Å². The summed E-state index contributed by atoms with van der Waals surface area (Å²) in [5.74, 6) is 0.984. The number of aryl methyl sites for hydroxylation is 2. The van der Waals surface area contributed by atoms with E-state index in [1.54, 1.807) is 12.1 Å². The molecule has 0 atom stereocenters. The second-order valence-corrected chi connectivity index (χ2v) is 4.81. The van der Waals surface area contributed by atoms with E-state index in [4.69, 9.17) is 10.00 Å². The minimum atomic E-state index is 0.335. The Kier molecular flexibility index (Phi) is 3.63. The van der Waals surface area contributed by atoms with E-state index >= 15 is 0 Å². The molecular weight excluding hydrogens is 292 g/mol. The molecule has 4 heteroatoms. The van der Waals surface area contributed by atoms with Crippen LogP contribution in [0, 0.1) is 25.2 Å². The summed E-state index contributed by atoms with van der Waals surface area (Å²) in [5.41, 5.74) is 2.37. The summed E-state index contributed by atoms with van der Waals surface area (Å²) in [6, 6.07) is 11.3. The van der Waals surface area contributed by atoms with Gasteiger partial charge in [-0.1, -0.05) is 6.07 Å². The predicted molar refractivity (Wildman–Crippen MR) is 72.6 cm³/mol. The Bertz CT molecular complexity index is 632. The van der Waals surface area contributed by atoms with Gasteiger partial charge in [0.15, 0.2) is 0 Å². The standard InChI is InChI=1S/C14H11BrN2O/c1-9-3-6-13(12(15)7-9)18-14-11(8-16)5-4-10(2)17-14/h3-7H,1-2H3. The van der Waals surface area contributed by atoms with Crippen LogP contribution < -0.4 is 4.74 Å². The molecule has 0 spiro atoms. The number of rotatable bonds is 2. The Labute approximate surface area is 114 Å². The van der Waals surface area contributed by atoms with Crippen molar-refractivity contribution in [1.29, 1.82) is 5.26 Å². The topological polar surface area (TPSA) is 45.9 Å². The third kappa shape index (κ3) is 2.69. The molecule has 3 nitrogen and oxygen atoms in total. The second kappa shape index (κ2) is 5.19. The van der Waals surface area contributed by atoms with E-state index < -0.39 is 0 Å². The Morgan fingerprint density at radius 3 is 2.67 bits per heavy atom. The summed E-state index contributed by atoms with van der Waals surface area (Å²) in [7, 11) is 0. The van der Waals surface area contributed by atoms with Crippen molar-refractivity contribution in [3.05, 3.63) is 51.6 Å². The molecule has 2 rings (SSSR count). The van der Waals surface area contributed by atoms with Gasteiger partial charge in [-0.3, -0.25) is 0 Å². The molecule has 0 bridgehead atoms. The first kappa shape index (κ1) is 12.6. The Morgan fingerprint density at radius 2 is 2.00 bits per heavy atom. The van der Waals surface area contributed by atoms with Crippen molar-refractivity contribution >= 4 is 15.9 Å². The van der Waals surface area contributed by atoms with Crippen LogP contribution >= 0.6 is 15.9 Å². The summed E-state index contributed by atoms with van der Waals surface area (Å²) >= 11 is 3.43. The smallest absolute Gasteiger partial charge is 0.237 e. The van der Waals surface area contributed by atoms with E-state index in [-0.39, 0.29) is 0 Å². The van der Waals surface area contributed by atoms with Crippen LogP contribution in [0.1, 0.15) is 16.8 Å². The number of halogens is 1. The van der Waals surface area contributed by atoms with Gasteiger partial charge in [0, 0.05) is 5.69 Å². The van der Waals surface area contributed by atoms with Gasteiger partial charge in [0.05, 0.1) is 4.47 Å². The highest BCUT2D eigenvalue weighted by Gasteiger charge is 2.09. The summed E-state index contributed by atoms with van der Waals surface area (Å²) in [4.78, 5) is 4.24. The van der Waals surface area contributed by atoms with E-state index in [1.165, 1.54) is 0 Å². The van der Waals surface area contributed by atoms with Crippen LogP contribution in [0.15, 0.2) is 34.8 Å². The summed E-state index contributed by atoms with van der Waals surface area (Å²) in [6.45, 7) is 3.86. The molecule has 0 fully saturated rings. The minimum absolute atomic E-state index is 0.335. The zero-order chi connectivity index (χ0) is 13.1. The maximum absolute atomic E-state index is 9.02. The number of benzene rings is 1. The van der Waals surface area contributed by atoms with E-state index in [9.17, 15) is 0 Å². The largest absolute Gasteiger partial charge is 0.436 e. The van der Waals surface area contributed by atoms with Gasteiger partial charge in [-0.2, -0.15) is 5.26 Å². The number of ether oxygens (including phenoxy) is 1. The Hall–Kier alpha value is -1.86. The Balaban J connectivity index is 2.40. The lowest BCUT2D eigenvalue weighted by atomic mass is 10.2. The molecule has 0 aliphatic carbocycles. The average Bonchev–Trinajstić information content (AvgIpc) is 2.33. The number of nitrogens with zero attached hydrogens (tertiary/aromatic N) is 2.